The second-order valence-electron chi connectivity index (χ2n) is 4.77. The van der Waals surface area contributed by atoms with Crippen molar-refractivity contribution in [3.8, 4) is 5.75 Å². The van der Waals surface area contributed by atoms with E-state index in [4.69, 9.17) is 10.5 Å². The van der Waals surface area contributed by atoms with E-state index in [0.717, 1.165) is 26.2 Å². The van der Waals surface area contributed by atoms with Crippen LogP contribution in [-0.4, -0.2) is 7.11 Å². The van der Waals surface area contributed by atoms with Crippen LogP contribution in [0.3, 0.4) is 0 Å². The zero-order valence-electron chi connectivity index (χ0n) is 11.6. The average Bonchev–Trinajstić information content (AvgIpc) is 2.68. The van der Waals surface area contributed by atoms with Crippen LogP contribution in [0.2, 0.25) is 0 Å². The highest BCUT2D eigenvalue weighted by Gasteiger charge is 2.15. The van der Waals surface area contributed by atoms with Gasteiger partial charge in [-0.25, -0.2) is 0 Å². The lowest BCUT2D eigenvalue weighted by Gasteiger charge is -2.15. The van der Waals surface area contributed by atoms with Crippen molar-refractivity contribution in [1.29, 1.82) is 0 Å². The molecule has 1 heterocycles. The van der Waals surface area contributed by atoms with Crippen molar-refractivity contribution < 1.29 is 4.74 Å². The van der Waals surface area contributed by atoms with Crippen LogP contribution in [0.4, 0.5) is 0 Å². The zero-order valence-corrected chi connectivity index (χ0v) is 14.0. The van der Waals surface area contributed by atoms with Crippen molar-refractivity contribution >= 4 is 27.3 Å². The first-order valence-corrected chi connectivity index (χ1v) is 7.71. The summed E-state index contributed by atoms with van der Waals surface area (Å²) >= 11 is 5.25. The van der Waals surface area contributed by atoms with Crippen molar-refractivity contribution in [2.45, 2.75) is 26.8 Å². The predicted octanol–water partition coefficient (Wildman–Crippen LogP) is 4.49. The molecule has 0 radical (unpaired) electrons. The summed E-state index contributed by atoms with van der Waals surface area (Å²) in [7, 11) is 1.70. The third-order valence-corrected chi connectivity index (χ3v) is 5.45. The first kappa shape index (κ1) is 14.6. The van der Waals surface area contributed by atoms with Crippen molar-refractivity contribution in [2.75, 3.05) is 7.11 Å². The Morgan fingerprint density at radius 3 is 2.11 bits per heavy atom. The molecule has 0 saturated carbocycles. The molecular formula is C15H18BrNOS. The fourth-order valence-corrected chi connectivity index (χ4v) is 3.89. The number of hydrogen-bond acceptors (Lipinski definition) is 3. The molecule has 2 N–H and O–H groups in total. The second kappa shape index (κ2) is 5.65. The van der Waals surface area contributed by atoms with Crippen LogP contribution in [0.15, 0.2) is 22.0 Å². The van der Waals surface area contributed by atoms with Crippen LogP contribution in [0.25, 0.3) is 0 Å². The van der Waals surface area contributed by atoms with Gasteiger partial charge >= 0.3 is 0 Å². The molecule has 4 heteroatoms. The molecule has 0 spiro atoms. The molecule has 102 valence electrons. The van der Waals surface area contributed by atoms with Gasteiger partial charge in [0, 0.05) is 4.88 Å². The summed E-state index contributed by atoms with van der Waals surface area (Å²) in [6.45, 7) is 6.19. The summed E-state index contributed by atoms with van der Waals surface area (Å²) in [6.07, 6.45) is 0. The molecule has 0 aliphatic rings. The molecule has 0 fully saturated rings. The second-order valence-corrected chi connectivity index (χ2v) is 7.17. The first-order valence-electron chi connectivity index (χ1n) is 6.10. The molecule has 0 aliphatic heterocycles. The van der Waals surface area contributed by atoms with Gasteiger partial charge in [0.2, 0.25) is 0 Å². The number of aryl methyl sites for hydroxylation is 3. The number of ether oxygens (including phenoxy) is 1. The van der Waals surface area contributed by atoms with Gasteiger partial charge in [-0.05, 0) is 65.0 Å². The Balaban J connectivity index is 2.41. The van der Waals surface area contributed by atoms with Gasteiger partial charge in [-0.15, -0.1) is 11.3 Å². The SMILES string of the molecule is COc1c(C)cc(C(N)c2cc(C)c(Br)s2)cc1C. The van der Waals surface area contributed by atoms with Gasteiger partial charge in [-0.1, -0.05) is 12.1 Å². The number of rotatable bonds is 3. The Bertz CT molecular complexity index is 564. The van der Waals surface area contributed by atoms with E-state index >= 15 is 0 Å². The Kier molecular flexibility index (Phi) is 4.33. The maximum atomic E-state index is 6.38. The topological polar surface area (TPSA) is 35.2 Å². The van der Waals surface area contributed by atoms with Crippen LogP contribution < -0.4 is 10.5 Å². The monoisotopic (exact) mass is 339 g/mol. The third-order valence-electron chi connectivity index (χ3n) is 3.23. The first-order chi connectivity index (χ1) is 8.93. The summed E-state index contributed by atoms with van der Waals surface area (Å²) in [5, 5.41) is 0. The smallest absolute Gasteiger partial charge is 0.124 e. The molecule has 0 saturated heterocycles. The van der Waals surface area contributed by atoms with E-state index in [-0.39, 0.29) is 6.04 Å². The van der Waals surface area contributed by atoms with E-state index in [9.17, 15) is 0 Å². The molecule has 2 nitrogen and oxygen atoms in total. The van der Waals surface area contributed by atoms with E-state index in [1.165, 1.54) is 10.4 Å². The largest absolute Gasteiger partial charge is 0.496 e. The highest BCUT2D eigenvalue weighted by atomic mass is 79.9. The van der Waals surface area contributed by atoms with Crippen LogP contribution >= 0.6 is 27.3 Å². The molecular weight excluding hydrogens is 322 g/mol. The standard InChI is InChI=1S/C15H18BrNOS/c1-8-5-11(6-9(2)14(8)18-4)13(17)12-7-10(3)15(16)19-12/h5-7,13H,17H2,1-4H3. The van der Waals surface area contributed by atoms with Crippen LogP contribution in [0.1, 0.15) is 33.2 Å². The molecule has 2 aromatic rings. The Hall–Kier alpha value is -0.840. The number of nitrogens with two attached hydrogens (primary N) is 1. The number of methoxy groups -OCH3 is 1. The van der Waals surface area contributed by atoms with E-state index in [1.54, 1.807) is 18.4 Å². The van der Waals surface area contributed by atoms with Gasteiger partial charge < -0.3 is 10.5 Å². The van der Waals surface area contributed by atoms with Crippen molar-refractivity contribution in [3.05, 3.63) is 49.1 Å². The maximum absolute atomic E-state index is 6.38. The van der Waals surface area contributed by atoms with Gasteiger partial charge in [0.05, 0.1) is 16.9 Å². The molecule has 1 aromatic heterocycles. The molecule has 1 aromatic carbocycles. The van der Waals surface area contributed by atoms with Gasteiger partial charge in [-0.3, -0.25) is 0 Å². The summed E-state index contributed by atoms with van der Waals surface area (Å²) in [4.78, 5) is 1.17. The van der Waals surface area contributed by atoms with Crippen molar-refractivity contribution in [3.63, 3.8) is 0 Å². The quantitative estimate of drug-likeness (QED) is 0.893. The minimum atomic E-state index is -0.0849. The Morgan fingerprint density at radius 1 is 1.11 bits per heavy atom. The fraction of sp³-hybridized carbons (Fsp3) is 0.333. The van der Waals surface area contributed by atoms with Gasteiger partial charge in [0.1, 0.15) is 5.75 Å². The van der Waals surface area contributed by atoms with E-state index in [0.29, 0.717) is 0 Å². The minimum Gasteiger partial charge on any atom is -0.496 e. The minimum absolute atomic E-state index is 0.0849. The lowest BCUT2D eigenvalue weighted by atomic mass is 9.99. The third kappa shape index (κ3) is 2.86. The molecule has 1 unspecified atom stereocenters. The highest BCUT2D eigenvalue weighted by Crippen LogP contribution is 2.35. The van der Waals surface area contributed by atoms with E-state index in [1.807, 2.05) is 0 Å². The molecule has 1 atom stereocenters. The Morgan fingerprint density at radius 2 is 1.68 bits per heavy atom. The van der Waals surface area contributed by atoms with Crippen LogP contribution in [-0.2, 0) is 0 Å². The van der Waals surface area contributed by atoms with Crippen LogP contribution in [0, 0.1) is 20.8 Å². The van der Waals surface area contributed by atoms with Crippen LogP contribution in [0.5, 0.6) is 5.75 Å². The van der Waals surface area contributed by atoms with Crippen molar-refractivity contribution in [2.24, 2.45) is 5.73 Å². The van der Waals surface area contributed by atoms with E-state index < -0.39 is 0 Å². The van der Waals surface area contributed by atoms with Gasteiger partial charge in [-0.2, -0.15) is 0 Å². The molecule has 2 rings (SSSR count). The maximum Gasteiger partial charge on any atom is 0.124 e. The van der Waals surface area contributed by atoms with E-state index in [2.05, 4.69) is 54.9 Å². The van der Waals surface area contributed by atoms with Crippen molar-refractivity contribution in [1.82, 2.24) is 0 Å². The van der Waals surface area contributed by atoms with Gasteiger partial charge in [0.15, 0.2) is 0 Å². The number of halogens is 1. The Labute approximate surface area is 126 Å². The highest BCUT2D eigenvalue weighted by molar-refractivity contribution is 9.11. The number of thiophene rings is 1. The lowest BCUT2D eigenvalue weighted by Crippen LogP contribution is -2.11. The lowest BCUT2D eigenvalue weighted by molar-refractivity contribution is 0.408. The summed E-state index contributed by atoms with van der Waals surface area (Å²) in [5.41, 5.74) is 11.0. The predicted molar refractivity (Wildman–Crippen MR) is 85.3 cm³/mol. The fourth-order valence-electron chi connectivity index (χ4n) is 2.29. The summed E-state index contributed by atoms with van der Waals surface area (Å²) < 4.78 is 6.55. The average molecular weight is 340 g/mol. The molecule has 0 aliphatic carbocycles. The molecule has 19 heavy (non-hydrogen) atoms. The summed E-state index contributed by atoms with van der Waals surface area (Å²) in [6, 6.07) is 6.28. The molecule has 0 amide bonds. The molecule has 0 bridgehead atoms. The van der Waals surface area contributed by atoms with Gasteiger partial charge in [0.25, 0.3) is 0 Å². The number of hydrogen-bond donors (Lipinski definition) is 1. The summed E-state index contributed by atoms with van der Waals surface area (Å²) in [5.74, 6) is 0.944. The zero-order chi connectivity index (χ0) is 14.2. The normalized spacial score (nSPS) is 12.5. The number of benzene rings is 1.